The Bertz CT molecular complexity index is 1450. The molecule has 2 heterocycles. The molecular formula is C26H21BrClN3O7. The highest BCUT2D eigenvalue weighted by atomic mass is 79.9. The van der Waals surface area contributed by atoms with E-state index in [1.165, 1.54) is 31.4 Å². The third-order valence-electron chi connectivity index (χ3n) is 5.34. The van der Waals surface area contributed by atoms with Crippen molar-refractivity contribution in [3.8, 4) is 5.75 Å². The molecule has 4 rings (SSSR count). The van der Waals surface area contributed by atoms with Gasteiger partial charge in [-0.3, -0.25) is 14.5 Å². The second-order valence-corrected chi connectivity index (χ2v) is 9.44. The summed E-state index contributed by atoms with van der Waals surface area (Å²) in [5.74, 6) is -1.30. The molecule has 10 nitrogen and oxygen atoms in total. The van der Waals surface area contributed by atoms with Gasteiger partial charge >= 0.3 is 12.0 Å². The second kappa shape index (κ2) is 11.5. The Kier molecular flexibility index (Phi) is 8.18. The van der Waals surface area contributed by atoms with E-state index in [0.717, 1.165) is 10.5 Å². The van der Waals surface area contributed by atoms with Crippen LogP contribution in [0.15, 0.2) is 63.1 Å². The molecule has 0 atom stereocenters. The summed E-state index contributed by atoms with van der Waals surface area (Å²) in [5, 5.41) is 5.58. The van der Waals surface area contributed by atoms with Gasteiger partial charge in [0.15, 0.2) is 6.61 Å². The van der Waals surface area contributed by atoms with Gasteiger partial charge in [-0.05, 0) is 65.3 Å². The molecule has 0 bridgehead atoms. The summed E-state index contributed by atoms with van der Waals surface area (Å²) in [5.41, 5.74) is 1.99. The molecule has 38 heavy (non-hydrogen) atoms. The largest absolute Gasteiger partial charge is 0.482 e. The van der Waals surface area contributed by atoms with Gasteiger partial charge in [0, 0.05) is 16.3 Å². The third-order valence-corrected chi connectivity index (χ3v) is 6.15. The molecule has 1 saturated heterocycles. The van der Waals surface area contributed by atoms with Crippen LogP contribution in [-0.2, 0) is 20.9 Å². The number of halogens is 2. The van der Waals surface area contributed by atoms with E-state index in [2.05, 4.69) is 31.3 Å². The lowest BCUT2D eigenvalue weighted by atomic mass is 10.1. The van der Waals surface area contributed by atoms with Crippen LogP contribution in [0.2, 0.25) is 5.02 Å². The highest BCUT2D eigenvalue weighted by Crippen LogP contribution is 2.35. The number of imide groups is 1. The monoisotopic (exact) mass is 601 g/mol. The number of amides is 4. The summed E-state index contributed by atoms with van der Waals surface area (Å²) in [6, 6.07) is 12.6. The molecule has 1 aromatic heterocycles. The van der Waals surface area contributed by atoms with Crippen LogP contribution in [0.3, 0.4) is 0 Å². The first-order valence-electron chi connectivity index (χ1n) is 11.1. The Balaban J connectivity index is 1.50. The summed E-state index contributed by atoms with van der Waals surface area (Å²) < 4.78 is 16.1. The molecule has 1 aliphatic rings. The molecule has 196 valence electrons. The molecule has 12 heteroatoms. The lowest BCUT2D eigenvalue weighted by molar-refractivity contribution is -0.123. The Morgan fingerprint density at radius 2 is 1.89 bits per heavy atom. The fourth-order valence-corrected chi connectivity index (χ4v) is 4.46. The number of methoxy groups -OCH3 is 1. The number of nitrogens with zero attached hydrogens (tertiary/aromatic N) is 1. The normalized spacial score (nSPS) is 14.0. The van der Waals surface area contributed by atoms with Crippen LogP contribution in [0, 0.1) is 6.92 Å². The minimum absolute atomic E-state index is 0.0436. The van der Waals surface area contributed by atoms with Gasteiger partial charge in [-0.25, -0.2) is 9.59 Å². The average Bonchev–Trinajstić information content (AvgIpc) is 3.45. The van der Waals surface area contributed by atoms with Crippen molar-refractivity contribution in [2.45, 2.75) is 13.5 Å². The Labute approximate surface area is 230 Å². The van der Waals surface area contributed by atoms with E-state index in [-0.39, 0.29) is 36.1 Å². The van der Waals surface area contributed by atoms with Crippen molar-refractivity contribution in [1.82, 2.24) is 10.2 Å². The number of esters is 1. The highest BCUT2D eigenvalue weighted by Gasteiger charge is 2.34. The maximum atomic E-state index is 13.0. The number of hydrogen-bond donors (Lipinski definition) is 2. The van der Waals surface area contributed by atoms with Gasteiger partial charge in [-0.15, -0.1) is 0 Å². The van der Waals surface area contributed by atoms with E-state index < -0.39 is 23.8 Å². The number of ether oxygens (including phenoxy) is 2. The van der Waals surface area contributed by atoms with Crippen LogP contribution in [0.25, 0.3) is 6.08 Å². The fourth-order valence-electron chi connectivity index (χ4n) is 3.51. The van der Waals surface area contributed by atoms with Gasteiger partial charge in [-0.2, -0.15) is 0 Å². The van der Waals surface area contributed by atoms with Crippen LogP contribution < -0.4 is 15.4 Å². The molecule has 2 aromatic carbocycles. The average molecular weight is 603 g/mol. The molecule has 1 aliphatic heterocycles. The molecule has 0 unspecified atom stereocenters. The minimum Gasteiger partial charge on any atom is -0.482 e. The van der Waals surface area contributed by atoms with E-state index in [9.17, 15) is 19.2 Å². The smallest absolute Gasteiger partial charge is 0.373 e. The topological polar surface area (TPSA) is 127 Å². The molecule has 2 N–H and O–H groups in total. The number of hydrogen-bond acceptors (Lipinski definition) is 7. The summed E-state index contributed by atoms with van der Waals surface area (Å²) in [6.07, 6.45) is 1.39. The molecule has 3 aromatic rings. The number of urea groups is 1. The van der Waals surface area contributed by atoms with Gasteiger partial charge < -0.3 is 24.5 Å². The maximum Gasteiger partial charge on any atom is 0.373 e. The lowest BCUT2D eigenvalue weighted by Gasteiger charge is -2.13. The third kappa shape index (κ3) is 6.24. The number of rotatable bonds is 8. The van der Waals surface area contributed by atoms with Crippen molar-refractivity contribution in [2.75, 3.05) is 19.0 Å². The van der Waals surface area contributed by atoms with Crippen LogP contribution in [-0.4, -0.2) is 42.4 Å². The van der Waals surface area contributed by atoms with E-state index in [0.29, 0.717) is 20.7 Å². The van der Waals surface area contributed by atoms with Crippen molar-refractivity contribution in [3.63, 3.8) is 0 Å². The molecule has 0 radical (unpaired) electrons. The zero-order valence-electron chi connectivity index (χ0n) is 20.2. The molecule has 0 spiro atoms. The van der Waals surface area contributed by atoms with Gasteiger partial charge in [0.1, 0.15) is 17.2 Å². The van der Waals surface area contributed by atoms with Gasteiger partial charge in [0.05, 0.1) is 18.1 Å². The van der Waals surface area contributed by atoms with Crippen LogP contribution in [0.5, 0.6) is 5.75 Å². The van der Waals surface area contributed by atoms with Gasteiger partial charge in [-0.1, -0.05) is 29.3 Å². The van der Waals surface area contributed by atoms with Crippen LogP contribution in [0.1, 0.15) is 27.4 Å². The Morgan fingerprint density at radius 3 is 2.61 bits per heavy atom. The number of carbonyl (C=O) groups is 4. The SMILES string of the molecule is COC(=O)c1ccc(CN2C(=O)N/C(=C\c3cc(Cl)cc(Br)c3OCC(=O)Nc3ccc(C)cc3)C2=O)o1. The zero-order chi connectivity index (χ0) is 27.4. The highest BCUT2D eigenvalue weighted by molar-refractivity contribution is 9.10. The fraction of sp³-hybridized carbons (Fsp3) is 0.154. The van der Waals surface area contributed by atoms with Crippen molar-refractivity contribution in [1.29, 1.82) is 0 Å². The molecule has 1 fully saturated rings. The van der Waals surface area contributed by atoms with E-state index in [4.69, 9.17) is 20.8 Å². The first-order valence-corrected chi connectivity index (χ1v) is 12.3. The van der Waals surface area contributed by atoms with Crippen molar-refractivity contribution >= 4 is 63.1 Å². The summed E-state index contributed by atoms with van der Waals surface area (Å²) >= 11 is 9.58. The lowest BCUT2D eigenvalue weighted by Crippen LogP contribution is -2.30. The van der Waals surface area contributed by atoms with Crippen LogP contribution in [0.4, 0.5) is 10.5 Å². The van der Waals surface area contributed by atoms with Gasteiger partial charge in [0.25, 0.3) is 11.8 Å². The first-order chi connectivity index (χ1) is 18.1. The zero-order valence-corrected chi connectivity index (χ0v) is 22.5. The van der Waals surface area contributed by atoms with Gasteiger partial charge in [0.2, 0.25) is 5.76 Å². The summed E-state index contributed by atoms with van der Waals surface area (Å²) in [4.78, 5) is 50.4. The predicted molar refractivity (Wildman–Crippen MR) is 142 cm³/mol. The van der Waals surface area contributed by atoms with Crippen LogP contribution >= 0.6 is 27.5 Å². The van der Waals surface area contributed by atoms with E-state index >= 15 is 0 Å². The molecule has 0 saturated carbocycles. The number of carbonyl (C=O) groups excluding carboxylic acids is 4. The number of furan rings is 1. The minimum atomic E-state index is -0.682. The molecule has 0 aliphatic carbocycles. The number of nitrogens with one attached hydrogen (secondary N) is 2. The Hall–Kier alpha value is -4.09. The van der Waals surface area contributed by atoms with Crippen molar-refractivity contribution in [2.24, 2.45) is 0 Å². The summed E-state index contributed by atoms with van der Waals surface area (Å²) in [6.45, 7) is 1.41. The second-order valence-electron chi connectivity index (χ2n) is 8.15. The number of aryl methyl sites for hydroxylation is 1. The standard InChI is InChI=1S/C26H21BrClN3O7/c1-14-3-5-17(6-4-14)29-22(32)13-37-23-15(9-16(28)11-19(23)27)10-20-24(33)31(26(35)30-20)12-18-7-8-21(38-18)25(34)36-2/h3-11H,12-13H2,1-2H3,(H,29,32)(H,30,35)/b20-10-. The number of anilines is 1. The quantitative estimate of drug-likeness (QED) is 0.213. The maximum absolute atomic E-state index is 13.0. The van der Waals surface area contributed by atoms with Crippen molar-refractivity contribution in [3.05, 3.63) is 86.4 Å². The summed E-state index contributed by atoms with van der Waals surface area (Å²) in [7, 11) is 1.21. The first kappa shape index (κ1) is 27.0. The molecule has 4 amide bonds. The molecular weight excluding hydrogens is 582 g/mol. The number of benzene rings is 2. The predicted octanol–water partition coefficient (Wildman–Crippen LogP) is 4.90. The van der Waals surface area contributed by atoms with Crippen molar-refractivity contribution < 1.29 is 33.1 Å². The Morgan fingerprint density at radius 1 is 1.16 bits per heavy atom. The van der Waals surface area contributed by atoms with E-state index in [1.807, 2.05) is 19.1 Å². The van der Waals surface area contributed by atoms with E-state index in [1.54, 1.807) is 18.2 Å².